The summed E-state index contributed by atoms with van der Waals surface area (Å²) in [7, 11) is 0. The third kappa shape index (κ3) is 2.22. The van der Waals surface area contributed by atoms with Crippen molar-refractivity contribution in [1.29, 1.82) is 5.26 Å². The van der Waals surface area contributed by atoms with Crippen molar-refractivity contribution in [2.45, 2.75) is 18.9 Å². The first kappa shape index (κ1) is 9.87. The summed E-state index contributed by atoms with van der Waals surface area (Å²) in [6.07, 6.45) is 3.72. The molecule has 0 amide bonds. The van der Waals surface area contributed by atoms with Crippen LogP contribution in [0.1, 0.15) is 18.5 Å². The Morgan fingerprint density at radius 2 is 2.47 bits per heavy atom. The molecule has 1 unspecified atom stereocenters. The van der Waals surface area contributed by atoms with Crippen LogP contribution in [0.3, 0.4) is 0 Å². The van der Waals surface area contributed by atoms with Crippen LogP contribution in [-0.4, -0.2) is 29.1 Å². The molecule has 0 saturated carbocycles. The van der Waals surface area contributed by atoms with Crippen LogP contribution >= 0.6 is 0 Å². The lowest BCUT2D eigenvalue weighted by molar-refractivity contribution is 0.499. The molecule has 5 nitrogen and oxygen atoms in total. The molecule has 1 aromatic rings. The second-order valence-corrected chi connectivity index (χ2v) is 3.70. The summed E-state index contributed by atoms with van der Waals surface area (Å²) >= 11 is 0. The fourth-order valence-electron chi connectivity index (χ4n) is 1.75. The van der Waals surface area contributed by atoms with E-state index in [0.29, 0.717) is 11.6 Å². The summed E-state index contributed by atoms with van der Waals surface area (Å²) in [5.74, 6) is 0.615. The highest BCUT2D eigenvalue weighted by molar-refractivity contribution is 5.34. The fraction of sp³-hybridized carbons (Fsp3) is 0.500. The van der Waals surface area contributed by atoms with Crippen molar-refractivity contribution >= 4 is 5.95 Å². The number of hydrogen-bond donors (Lipinski definition) is 1. The molecule has 78 valence electrons. The van der Waals surface area contributed by atoms with E-state index in [1.54, 1.807) is 12.3 Å². The predicted molar refractivity (Wildman–Crippen MR) is 56.2 cm³/mol. The van der Waals surface area contributed by atoms with Crippen LogP contribution in [0.4, 0.5) is 5.95 Å². The van der Waals surface area contributed by atoms with E-state index in [9.17, 15) is 0 Å². The Bertz CT molecular complexity index is 384. The van der Waals surface area contributed by atoms with Gasteiger partial charge in [0.15, 0.2) is 0 Å². The highest BCUT2D eigenvalue weighted by Crippen LogP contribution is 2.14. The molecule has 1 aliphatic heterocycles. The molecule has 1 saturated heterocycles. The van der Waals surface area contributed by atoms with Crippen LogP contribution in [-0.2, 0) is 0 Å². The van der Waals surface area contributed by atoms with Gasteiger partial charge in [-0.2, -0.15) is 5.26 Å². The molecule has 0 radical (unpaired) electrons. The highest BCUT2D eigenvalue weighted by Gasteiger charge is 2.18. The molecule has 0 spiro atoms. The summed E-state index contributed by atoms with van der Waals surface area (Å²) in [4.78, 5) is 10.3. The lowest BCUT2D eigenvalue weighted by Crippen LogP contribution is -2.43. The van der Waals surface area contributed by atoms with E-state index < -0.39 is 0 Å². The Morgan fingerprint density at radius 1 is 1.60 bits per heavy atom. The van der Waals surface area contributed by atoms with Gasteiger partial charge in [-0.25, -0.2) is 9.97 Å². The predicted octanol–water partition coefficient (Wildman–Crippen LogP) is 0.276. The molecule has 1 atom stereocenters. The molecule has 0 aromatic carbocycles. The lowest BCUT2D eigenvalue weighted by Gasteiger charge is -2.30. The van der Waals surface area contributed by atoms with E-state index in [-0.39, 0.29) is 6.04 Å². The minimum Gasteiger partial charge on any atom is -0.339 e. The van der Waals surface area contributed by atoms with E-state index in [4.69, 9.17) is 11.0 Å². The zero-order chi connectivity index (χ0) is 10.7. The topological polar surface area (TPSA) is 78.8 Å². The van der Waals surface area contributed by atoms with Gasteiger partial charge in [-0.15, -0.1) is 0 Å². The largest absolute Gasteiger partial charge is 0.339 e. The van der Waals surface area contributed by atoms with Gasteiger partial charge in [-0.05, 0) is 18.9 Å². The number of aromatic nitrogens is 2. The van der Waals surface area contributed by atoms with Gasteiger partial charge in [0.2, 0.25) is 5.95 Å². The van der Waals surface area contributed by atoms with E-state index in [1.807, 2.05) is 11.0 Å². The standard InChI is InChI=1S/C10H13N5/c11-6-9-3-4-13-10(14-9)15-5-1-2-8(12)7-15/h3-4,8H,1-2,5,7,12H2. The molecule has 0 aliphatic carbocycles. The SMILES string of the molecule is N#Cc1ccnc(N2CCCC(N)C2)n1. The van der Waals surface area contributed by atoms with E-state index >= 15 is 0 Å². The molecule has 1 fully saturated rings. The smallest absolute Gasteiger partial charge is 0.226 e. The molecule has 1 aromatic heterocycles. The molecular formula is C10H13N5. The van der Waals surface area contributed by atoms with Crippen LogP contribution in [0.25, 0.3) is 0 Å². The molecule has 2 N–H and O–H groups in total. The van der Waals surface area contributed by atoms with E-state index in [2.05, 4.69) is 9.97 Å². The van der Waals surface area contributed by atoms with Crippen molar-refractivity contribution in [3.8, 4) is 6.07 Å². The minimum absolute atomic E-state index is 0.188. The molecule has 1 aliphatic rings. The second-order valence-electron chi connectivity index (χ2n) is 3.70. The van der Waals surface area contributed by atoms with Crippen LogP contribution in [0, 0.1) is 11.3 Å². The first-order valence-corrected chi connectivity index (χ1v) is 5.03. The van der Waals surface area contributed by atoms with Gasteiger partial charge in [0.1, 0.15) is 11.8 Å². The van der Waals surface area contributed by atoms with Crippen LogP contribution in [0.15, 0.2) is 12.3 Å². The number of anilines is 1. The zero-order valence-corrected chi connectivity index (χ0v) is 8.43. The Balaban J connectivity index is 2.18. The minimum atomic E-state index is 0.188. The Morgan fingerprint density at radius 3 is 3.20 bits per heavy atom. The first-order valence-electron chi connectivity index (χ1n) is 5.03. The van der Waals surface area contributed by atoms with Crippen LogP contribution in [0.2, 0.25) is 0 Å². The van der Waals surface area contributed by atoms with Crippen molar-refractivity contribution < 1.29 is 0 Å². The van der Waals surface area contributed by atoms with E-state index in [1.165, 1.54) is 0 Å². The first-order chi connectivity index (χ1) is 7.29. The third-order valence-electron chi connectivity index (χ3n) is 2.50. The zero-order valence-electron chi connectivity index (χ0n) is 8.43. The number of piperidine rings is 1. The maximum atomic E-state index is 8.73. The molecule has 0 bridgehead atoms. The van der Waals surface area contributed by atoms with Crippen LogP contribution in [0.5, 0.6) is 0 Å². The summed E-state index contributed by atoms with van der Waals surface area (Å²) in [5.41, 5.74) is 6.27. The van der Waals surface area contributed by atoms with Gasteiger partial charge in [0.25, 0.3) is 0 Å². The van der Waals surface area contributed by atoms with Crippen molar-refractivity contribution in [1.82, 2.24) is 9.97 Å². The molecule has 2 heterocycles. The monoisotopic (exact) mass is 203 g/mol. The number of rotatable bonds is 1. The van der Waals surface area contributed by atoms with Gasteiger partial charge in [0, 0.05) is 25.3 Å². The maximum absolute atomic E-state index is 8.73. The van der Waals surface area contributed by atoms with Crippen molar-refractivity contribution in [3.63, 3.8) is 0 Å². The average Bonchev–Trinajstić information content (AvgIpc) is 2.29. The Hall–Kier alpha value is -1.67. The molecule has 15 heavy (non-hydrogen) atoms. The van der Waals surface area contributed by atoms with Gasteiger partial charge >= 0.3 is 0 Å². The van der Waals surface area contributed by atoms with Gasteiger partial charge in [-0.1, -0.05) is 0 Å². The van der Waals surface area contributed by atoms with Crippen LogP contribution < -0.4 is 10.6 Å². The van der Waals surface area contributed by atoms with Gasteiger partial charge in [0.05, 0.1) is 0 Å². The van der Waals surface area contributed by atoms with Crippen molar-refractivity contribution in [3.05, 3.63) is 18.0 Å². The van der Waals surface area contributed by atoms with Gasteiger partial charge in [-0.3, -0.25) is 0 Å². The average molecular weight is 203 g/mol. The van der Waals surface area contributed by atoms with Crippen molar-refractivity contribution in [2.75, 3.05) is 18.0 Å². The number of nitrogens with zero attached hydrogens (tertiary/aromatic N) is 4. The van der Waals surface area contributed by atoms with Crippen molar-refractivity contribution in [2.24, 2.45) is 5.73 Å². The Kier molecular flexibility index (Phi) is 2.79. The summed E-state index contributed by atoms with van der Waals surface area (Å²) in [5, 5.41) is 8.73. The summed E-state index contributed by atoms with van der Waals surface area (Å²) in [6, 6.07) is 3.80. The fourth-order valence-corrected chi connectivity index (χ4v) is 1.75. The van der Waals surface area contributed by atoms with Gasteiger partial charge < -0.3 is 10.6 Å². The summed E-state index contributed by atoms with van der Waals surface area (Å²) in [6.45, 7) is 1.69. The number of nitrogens with two attached hydrogens (primary N) is 1. The summed E-state index contributed by atoms with van der Waals surface area (Å²) < 4.78 is 0. The number of nitriles is 1. The molecule has 2 rings (SSSR count). The quantitative estimate of drug-likeness (QED) is 0.709. The Labute approximate surface area is 88.5 Å². The number of hydrogen-bond acceptors (Lipinski definition) is 5. The molecule has 5 heteroatoms. The highest BCUT2D eigenvalue weighted by atomic mass is 15.3. The molecular weight excluding hydrogens is 190 g/mol. The lowest BCUT2D eigenvalue weighted by atomic mass is 10.1. The second kappa shape index (κ2) is 4.24. The van der Waals surface area contributed by atoms with E-state index in [0.717, 1.165) is 25.9 Å². The normalized spacial score (nSPS) is 21.1. The maximum Gasteiger partial charge on any atom is 0.226 e. The third-order valence-corrected chi connectivity index (χ3v) is 2.50.